The summed E-state index contributed by atoms with van der Waals surface area (Å²) in [5, 5.41) is 3.52. The molecule has 0 saturated carbocycles. The normalized spacial score (nSPS) is 10.9. The number of ether oxygens (including phenoxy) is 2. The van der Waals surface area contributed by atoms with Gasteiger partial charge in [0.15, 0.2) is 5.16 Å². The number of hydrogen-bond acceptors (Lipinski definition) is 6. The Morgan fingerprint density at radius 3 is 2.44 bits per heavy atom. The first-order chi connectivity index (χ1) is 17.4. The summed E-state index contributed by atoms with van der Waals surface area (Å²) in [6.45, 7) is 2.52. The molecule has 0 spiro atoms. The van der Waals surface area contributed by atoms with Gasteiger partial charge in [-0.05, 0) is 36.2 Å². The average molecular weight is 508 g/mol. The summed E-state index contributed by atoms with van der Waals surface area (Å²) in [6.07, 6.45) is 0.809. The maximum absolute atomic E-state index is 14.3. The van der Waals surface area contributed by atoms with Crippen molar-refractivity contribution >= 4 is 28.6 Å². The van der Waals surface area contributed by atoms with E-state index in [0.717, 1.165) is 6.42 Å². The third-order valence-corrected chi connectivity index (χ3v) is 6.53. The van der Waals surface area contributed by atoms with Gasteiger partial charge in [0.2, 0.25) is 0 Å². The van der Waals surface area contributed by atoms with Crippen molar-refractivity contribution in [3.8, 4) is 17.2 Å². The van der Waals surface area contributed by atoms with E-state index < -0.39 is 0 Å². The van der Waals surface area contributed by atoms with E-state index in [-0.39, 0.29) is 23.0 Å². The zero-order valence-electron chi connectivity index (χ0n) is 20.2. The molecule has 1 N–H and O–H groups in total. The van der Waals surface area contributed by atoms with E-state index in [4.69, 9.17) is 14.5 Å². The van der Waals surface area contributed by atoms with E-state index in [1.165, 1.54) is 36.6 Å². The minimum absolute atomic E-state index is 0.233. The average Bonchev–Trinajstić information content (AvgIpc) is 2.90. The van der Waals surface area contributed by atoms with Crippen LogP contribution in [-0.2, 0) is 5.75 Å². The number of carbonyl (C=O) groups is 1. The Hall–Kier alpha value is -3.85. The largest absolute Gasteiger partial charge is 0.497 e. The minimum Gasteiger partial charge on any atom is -0.497 e. The lowest BCUT2D eigenvalue weighted by Crippen LogP contribution is -2.25. The molecule has 4 aromatic rings. The number of hydrogen-bond donors (Lipinski definition) is 1. The van der Waals surface area contributed by atoms with Crippen molar-refractivity contribution in [2.24, 2.45) is 0 Å². The van der Waals surface area contributed by atoms with Crippen LogP contribution in [0.4, 0.5) is 4.39 Å². The van der Waals surface area contributed by atoms with Crippen molar-refractivity contribution in [3.63, 3.8) is 0 Å². The second kappa shape index (κ2) is 11.3. The number of methoxy groups -OCH3 is 2. The molecule has 0 aliphatic heterocycles. The Morgan fingerprint density at radius 2 is 1.78 bits per heavy atom. The molecule has 1 aromatic heterocycles. The highest BCUT2D eigenvalue weighted by Gasteiger charge is 2.17. The molecule has 4 rings (SSSR count). The molecule has 0 saturated heterocycles. The van der Waals surface area contributed by atoms with E-state index in [1.54, 1.807) is 54.6 Å². The first kappa shape index (κ1) is 25.2. The van der Waals surface area contributed by atoms with Crippen LogP contribution < -0.4 is 20.3 Å². The fourth-order valence-electron chi connectivity index (χ4n) is 3.65. The number of carbonyl (C=O) groups excluding carboxylic acids is 1. The van der Waals surface area contributed by atoms with Crippen LogP contribution >= 0.6 is 11.8 Å². The number of nitrogens with one attached hydrogen (secondary N) is 1. The second-order valence-electron chi connectivity index (χ2n) is 7.97. The molecule has 186 valence electrons. The Labute approximate surface area is 212 Å². The Balaban J connectivity index is 1.88. The molecule has 7 nitrogen and oxygen atoms in total. The van der Waals surface area contributed by atoms with Crippen LogP contribution in [0.3, 0.4) is 0 Å². The number of fused-ring (bicyclic) bond motifs is 1. The second-order valence-corrected chi connectivity index (χ2v) is 8.92. The number of nitrogens with zero attached hydrogens (tertiary/aromatic N) is 2. The summed E-state index contributed by atoms with van der Waals surface area (Å²) < 4.78 is 26.5. The predicted octanol–water partition coefficient (Wildman–Crippen LogP) is 4.97. The smallest absolute Gasteiger partial charge is 0.266 e. The predicted molar refractivity (Wildman–Crippen MR) is 139 cm³/mol. The van der Waals surface area contributed by atoms with Gasteiger partial charge in [-0.3, -0.25) is 14.2 Å². The number of benzene rings is 3. The standard InChI is InChI=1S/C27H26FN3O4S/c1-4-11-29-25(32)17-9-10-22-24(12-17)30-27(36-16-18-7-5-6-8-23(18)28)31(26(22)33)19-13-20(34-2)15-21(14-19)35-3/h5-10,12-15H,4,11,16H2,1-3H3,(H,29,32). The van der Waals surface area contributed by atoms with E-state index in [9.17, 15) is 14.0 Å². The maximum atomic E-state index is 14.3. The quantitative estimate of drug-likeness (QED) is 0.254. The summed E-state index contributed by atoms with van der Waals surface area (Å²) in [4.78, 5) is 31.0. The van der Waals surface area contributed by atoms with Crippen LogP contribution in [0.15, 0.2) is 70.6 Å². The van der Waals surface area contributed by atoms with Gasteiger partial charge in [0, 0.05) is 36.1 Å². The molecular weight excluding hydrogens is 481 g/mol. The van der Waals surface area contributed by atoms with Crippen molar-refractivity contribution < 1.29 is 18.7 Å². The molecule has 0 aliphatic carbocycles. The van der Waals surface area contributed by atoms with Gasteiger partial charge in [0.25, 0.3) is 11.5 Å². The summed E-state index contributed by atoms with van der Waals surface area (Å²) in [7, 11) is 3.05. The van der Waals surface area contributed by atoms with Crippen LogP contribution in [0.5, 0.6) is 11.5 Å². The van der Waals surface area contributed by atoms with E-state index in [2.05, 4.69) is 5.32 Å². The van der Waals surface area contributed by atoms with E-state index in [1.807, 2.05) is 6.92 Å². The highest BCUT2D eigenvalue weighted by molar-refractivity contribution is 7.98. The summed E-state index contributed by atoms with van der Waals surface area (Å²) in [5.74, 6) is 0.691. The zero-order chi connectivity index (χ0) is 25.7. The Morgan fingerprint density at radius 1 is 1.06 bits per heavy atom. The zero-order valence-corrected chi connectivity index (χ0v) is 21.0. The van der Waals surface area contributed by atoms with Crippen LogP contribution in [0.1, 0.15) is 29.3 Å². The molecule has 0 radical (unpaired) electrons. The number of thioether (sulfide) groups is 1. The third-order valence-electron chi connectivity index (χ3n) is 5.55. The lowest BCUT2D eigenvalue weighted by atomic mass is 10.1. The molecule has 0 fully saturated rings. The van der Waals surface area contributed by atoms with Crippen LogP contribution in [0.2, 0.25) is 0 Å². The van der Waals surface area contributed by atoms with E-state index in [0.29, 0.717) is 50.9 Å². The molecule has 9 heteroatoms. The highest BCUT2D eigenvalue weighted by Crippen LogP contribution is 2.30. The maximum Gasteiger partial charge on any atom is 0.266 e. The van der Waals surface area contributed by atoms with Crippen molar-refractivity contribution in [2.75, 3.05) is 20.8 Å². The molecule has 1 heterocycles. The van der Waals surface area contributed by atoms with Crippen molar-refractivity contribution in [3.05, 3.63) is 88.0 Å². The topological polar surface area (TPSA) is 82.5 Å². The van der Waals surface area contributed by atoms with Gasteiger partial charge in [-0.2, -0.15) is 0 Å². The van der Waals surface area contributed by atoms with Gasteiger partial charge < -0.3 is 14.8 Å². The number of halogens is 1. The molecule has 0 unspecified atom stereocenters. The monoisotopic (exact) mass is 507 g/mol. The van der Waals surface area contributed by atoms with Gasteiger partial charge in [0.05, 0.1) is 30.8 Å². The van der Waals surface area contributed by atoms with Crippen LogP contribution in [-0.4, -0.2) is 36.2 Å². The molecule has 0 bridgehead atoms. The minimum atomic E-state index is -0.336. The summed E-state index contributed by atoms with van der Waals surface area (Å²) in [6, 6.07) is 16.4. The first-order valence-electron chi connectivity index (χ1n) is 11.4. The van der Waals surface area contributed by atoms with Gasteiger partial charge in [-0.25, -0.2) is 9.37 Å². The fraction of sp³-hybridized carbons (Fsp3) is 0.222. The van der Waals surface area contributed by atoms with Gasteiger partial charge >= 0.3 is 0 Å². The summed E-state index contributed by atoms with van der Waals surface area (Å²) in [5.41, 5.74) is 1.44. The molecule has 3 aromatic carbocycles. The van der Waals surface area contributed by atoms with Crippen LogP contribution in [0, 0.1) is 5.82 Å². The van der Waals surface area contributed by atoms with Crippen molar-refractivity contribution in [1.29, 1.82) is 0 Å². The SMILES string of the molecule is CCCNC(=O)c1ccc2c(=O)n(-c3cc(OC)cc(OC)c3)c(SCc3ccccc3F)nc2c1. The van der Waals surface area contributed by atoms with Gasteiger partial charge in [0.1, 0.15) is 17.3 Å². The Bertz CT molecular complexity index is 1450. The Kier molecular flexibility index (Phi) is 7.90. The van der Waals surface area contributed by atoms with E-state index >= 15 is 0 Å². The number of amides is 1. The van der Waals surface area contributed by atoms with Gasteiger partial charge in [-0.15, -0.1) is 0 Å². The molecule has 0 atom stereocenters. The van der Waals surface area contributed by atoms with Crippen molar-refractivity contribution in [1.82, 2.24) is 14.9 Å². The van der Waals surface area contributed by atoms with Crippen LogP contribution in [0.25, 0.3) is 16.6 Å². The molecule has 0 aliphatic rings. The lowest BCUT2D eigenvalue weighted by Gasteiger charge is -2.16. The molecular formula is C27H26FN3O4S. The molecule has 36 heavy (non-hydrogen) atoms. The lowest BCUT2D eigenvalue weighted by molar-refractivity contribution is 0.0953. The number of rotatable bonds is 9. The van der Waals surface area contributed by atoms with Crippen molar-refractivity contribution in [2.45, 2.75) is 24.3 Å². The highest BCUT2D eigenvalue weighted by atomic mass is 32.2. The molecule has 1 amide bonds. The third kappa shape index (κ3) is 5.36. The van der Waals surface area contributed by atoms with Gasteiger partial charge in [-0.1, -0.05) is 36.9 Å². The fourth-order valence-corrected chi connectivity index (χ4v) is 4.65. The number of aromatic nitrogens is 2. The summed E-state index contributed by atoms with van der Waals surface area (Å²) >= 11 is 1.22. The first-order valence-corrected chi connectivity index (χ1v) is 12.4.